The van der Waals surface area contributed by atoms with Gasteiger partial charge in [0.15, 0.2) is 5.76 Å². The summed E-state index contributed by atoms with van der Waals surface area (Å²) >= 11 is 0. The van der Waals surface area contributed by atoms with Crippen molar-refractivity contribution in [1.82, 2.24) is 14.4 Å². The Hall–Kier alpha value is -1.41. The van der Waals surface area contributed by atoms with Gasteiger partial charge in [0.25, 0.3) is 0 Å². The van der Waals surface area contributed by atoms with Gasteiger partial charge in [-0.15, -0.1) is 0 Å². The van der Waals surface area contributed by atoms with Crippen LogP contribution in [0.1, 0.15) is 25.3 Å². The van der Waals surface area contributed by atoms with Crippen molar-refractivity contribution in [3.8, 4) is 0 Å². The van der Waals surface area contributed by atoms with Crippen LogP contribution in [0.4, 0.5) is 0 Å². The van der Waals surface area contributed by atoms with Gasteiger partial charge in [-0.05, 0) is 13.8 Å². The van der Waals surface area contributed by atoms with Gasteiger partial charge in [-0.2, -0.15) is 4.31 Å². The van der Waals surface area contributed by atoms with E-state index in [1.807, 2.05) is 13.8 Å². The van der Waals surface area contributed by atoms with E-state index in [4.69, 9.17) is 4.52 Å². The second-order valence-corrected chi connectivity index (χ2v) is 7.41. The number of aryl methyl sites for hydroxylation is 2. The Morgan fingerprint density at radius 3 is 2.19 bits per heavy atom. The number of nitrogens with zero attached hydrogens (tertiary/aromatic N) is 3. The average molecular weight is 315 g/mol. The molecule has 0 radical (unpaired) electrons. The second-order valence-electron chi connectivity index (χ2n) is 5.54. The van der Waals surface area contributed by atoms with Crippen LogP contribution in [0.3, 0.4) is 0 Å². The quantitative estimate of drug-likeness (QED) is 0.823. The lowest BCUT2D eigenvalue weighted by atomic mass is 10.2. The van der Waals surface area contributed by atoms with Crippen LogP contribution in [-0.4, -0.2) is 54.9 Å². The first-order chi connectivity index (χ1) is 9.75. The van der Waals surface area contributed by atoms with Gasteiger partial charge in [0.1, 0.15) is 10.6 Å². The van der Waals surface area contributed by atoms with Crippen molar-refractivity contribution >= 4 is 15.9 Å². The van der Waals surface area contributed by atoms with Crippen LogP contribution in [-0.2, 0) is 14.8 Å². The number of piperazine rings is 1. The summed E-state index contributed by atoms with van der Waals surface area (Å²) in [6.07, 6.45) is 0. The lowest BCUT2D eigenvalue weighted by molar-refractivity contribution is -0.135. The van der Waals surface area contributed by atoms with Crippen molar-refractivity contribution in [3.63, 3.8) is 0 Å². The van der Waals surface area contributed by atoms with E-state index in [0.717, 1.165) is 0 Å². The number of hydrogen-bond acceptors (Lipinski definition) is 5. The molecule has 7 nitrogen and oxygen atoms in total. The number of carbonyl (C=O) groups is 1. The summed E-state index contributed by atoms with van der Waals surface area (Å²) in [5, 5.41) is 3.70. The van der Waals surface area contributed by atoms with Crippen LogP contribution in [0.2, 0.25) is 0 Å². The first kappa shape index (κ1) is 16.0. The Kier molecular flexibility index (Phi) is 4.38. The van der Waals surface area contributed by atoms with Gasteiger partial charge in [-0.3, -0.25) is 4.79 Å². The summed E-state index contributed by atoms with van der Waals surface area (Å²) in [6, 6.07) is 0. The Balaban J connectivity index is 2.14. The van der Waals surface area contributed by atoms with Gasteiger partial charge in [0, 0.05) is 32.1 Å². The molecule has 8 heteroatoms. The highest BCUT2D eigenvalue weighted by atomic mass is 32.2. The van der Waals surface area contributed by atoms with Gasteiger partial charge in [-0.25, -0.2) is 8.42 Å². The molecule has 0 bridgehead atoms. The van der Waals surface area contributed by atoms with Gasteiger partial charge in [-0.1, -0.05) is 19.0 Å². The average Bonchev–Trinajstić information content (AvgIpc) is 2.78. The third-order valence-corrected chi connectivity index (χ3v) is 5.75. The maximum Gasteiger partial charge on any atom is 0.248 e. The highest BCUT2D eigenvalue weighted by Crippen LogP contribution is 2.24. The lowest BCUT2D eigenvalue weighted by Gasteiger charge is -2.34. The Bertz CT molecular complexity index is 608. The minimum absolute atomic E-state index is 0.0596. The van der Waals surface area contributed by atoms with Crippen LogP contribution >= 0.6 is 0 Å². The zero-order valence-electron chi connectivity index (χ0n) is 12.8. The molecule has 118 valence electrons. The first-order valence-electron chi connectivity index (χ1n) is 6.97. The standard InChI is InChI=1S/C13H21N3O4S/c1-9(2)13(17)15-5-7-16(8-6-15)21(18,19)12-10(3)14-20-11(12)4/h9H,5-8H2,1-4H3. The number of amides is 1. The number of carbonyl (C=O) groups excluding carboxylic acids is 1. The predicted molar refractivity (Wildman–Crippen MR) is 76.2 cm³/mol. The van der Waals surface area contributed by atoms with Gasteiger partial charge in [0.05, 0.1) is 0 Å². The van der Waals surface area contributed by atoms with Crippen molar-refractivity contribution < 1.29 is 17.7 Å². The molecular weight excluding hydrogens is 294 g/mol. The first-order valence-corrected chi connectivity index (χ1v) is 8.41. The van der Waals surface area contributed by atoms with Crippen molar-refractivity contribution in [3.05, 3.63) is 11.5 Å². The second kappa shape index (κ2) is 5.76. The highest BCUT2D eigenvalue weighted by Gasteiger charge is 2.34. The van der Waals surface area contributed by atoms with E-state index in [9.17, 15) is 13.2 Å². The van der Waals surface area contributed by atoms with E-state index in [1.54, 1.807) is 18.7 Å². The molecule has 2 heterocycles. The third-order valence-electron chi connectivity index (χ3n) is 3.61. The van der Waals surface area contributed by atoms with Crippen LogP contribution in [0.25, 0.3) is 0 Å². The molecule has 0 N–H and O–H groups in total. The zero-order chi connectivity index (χ0) is 15.8. The summed E-state index contributed by atoms with van der Waals surface area (Å²) in [4.78, 5) is 13.8. The molecule has 2 rings (SSSR count). The van der Waals surface area contributed by atoms with Crippen LogP contribution in [0.5, 0.6) is 0 Å². The molecule has 0 aliphatic carbocycles. The molecule has 1 amide bonds. The van der Waals surface area contributed by atoms with Crippen molar-refractivity contribution in [2.45, 2.75) is 32.6 Å². The largest absolute Gasteiger partial charge is 0.360 e. The van der Waals surface area contributed by atoms with Crippen molar-refractivity contribution in [1.29, 1.82) is 0 Å². The van der Waals surface area contributed by atoms with E-state index in [0.29, 0.717) is 37.6 Å². The summed E-state index contributed by atoms with van der Waals surface area (Å²) in [6.45, 7) is 8.31. The number of aromatic nitrogens is 1. The fraction of sp³-hybridized carbons (Fsp3) is 0.692. The smallest absolute Gasteiger partial charge is 0.248 e. The van der Waals surface area contributed by atoms with E-state index < -0.39 is 10.0 Å². The summed E-state index contributed by atoms with van der Waals surface area (Å²) in [5.74, 6) is 0.285. The summed E-state index contributed by atoms with van der Waals surface area (Å²) < 4.78 is 31.6. The molecule has 1 aromatic heterocycles. The van der Waals surface area contributed by atoms with Gasteiger partial charge >= 0.3 is 0 Å². The molecule has 1 aliphatic rings. The molecule has 1 aromatic rings. The highest BCUT2D eigenvalue weighted by molar-refractivity contribution is 7.89. The molecular formula is C13H21N3O4S. The van der Waals surface area contributed by atoms with Crippen molar-refractivity contribution in [2.24, 2.45) is 5.92 Å². The number of hydrogen-bond donors (Lipinski definition) is 0. The SMILES string of the molecule is Cc1noc(C)c1S(=O)(=O)N1CCN(C(=O)C(C)C)CC1. The Morgan fingerprint density at radius 1 is 1.19 bits per heavy atom. The normalized spacial score (nSPS) is 17.5. The third kappa shape index (κ3) is 2.96. The maximum absolute atomic E-state index is 12.6. The van der Waals surface area contributed by atoms with E-state index in [1.165, 1.54) is 4.31 Å². The van der Waals surface area contributed by atoms with E-state index in [2.05, 4.69) is 5.16 Å². The molecule has 0 spiro atoms. The Morgan fingerprint density at radius 2 is 1.76 bits per heavy atom. The molecule has 0 saturated carbocycles. The molecule has 1 fully saturated rings. The molecule has 21 heavy (non-hydrogen) atoms. The monoisotopic (exact) mass is 315 g/mol. The molecule has 0 aromatic carbocycles. The maximum atomic E-state index is 12.6. The minimum Gasteiger partial charge on any atom is -0.360 e. The van der Waals surface area contributed by atoms with Gasteiger partial charge < -0.3 is 9.42 Å². The summed E-state index contributed by atoms with van der Waals surface area (Å²) in [7, 11) is -3.61. The summed E-state index contributed by atoms with van der Waals surface area (Å²) in [5.41, 5.74) is 0.369. The molecule has 0 atom stereocenters. The van der Waals surface area contributed by atoms with E-state index >= 15 is 0 Å². The van der Waals surface area contributed by atoms with E-state index in [-0.39, 0.29) is 16.7 Å². The minimum atomic E-state index is -3.61. The zero-order valence-corrected chi connectivity index (χ0v) is 13.6. The predicted octanol–water partition coefficient (Wildman–Crippen LogP) is 0.780. The number of rotatable bonds is 3. The topological polar surface area (TPSA) is 83.7 Å². The number of sulfonamides is 1. The van der Waals surface area contributed by atoms with Crippen LogP contribution in [0.15, 0.2) is 9.42 Å². The molecule has 0 unspecified atom stereocenters. The fourth-order valence-corrected chi connectivity index (χ4v) is 4.20. The van der Waals surface area contributed by atoms with Gasteiger partial charge in [0.2, 0.25) is 15.9 Å². The fourth-order valence-electron chi connectivity index (χ4n) is 2.49. The Labute approximate surface area is 124 Å². The van der Waals surface area contributed by atoms with Crippen LogP contribution in [0, 0.1) is 19.8 Å². The molecule has 1 saturated heterocycles. The van der Waals surface area contributed by atoms with Crippen LogP contribution < -0.4 is 0 Å². The molecule has 1 aliphatic heterocycles. The lowest BCUT2D eigenvalue weighted by Crippen LogP contribution is -2.51. The van der Waals surface area contributed by atoms with Crippen molar-refractivity contribution in [2.75, 3.05) is 26.2 Å².